The van der Waals surface area contributed by atoms with Gasteiger partial charge in [0.1, 0.15) is 6.54 Å². The second-order valence-corrected chi connectivity index (χ2v) is 10.4. The third-order valence-corrected chi connectivity index (χ3v) is 7.16. The number of aryl methyl sites for hydroxylation is 2. The SMILES string of the molecule is Cc1ccccc1N(CC(=O)N1CCN(CC(=O)Nc2cccc(C)c2C)CC1)S(C)(=O)=O. The first-order valence-electron chi connectivity index (χ1n) is 11.0. The van der Waals surface area contributed by atoms with Crippen LogP contribution in [0.2, 0.25) is 0 Å². The number of sulfonamides is 1. The molecule has 2 aromatic rings. The third kappa shape index (κ3) is 6.33. The number of amides is 2. The molecule has 0 radical (unpaired) electrons. The maximum Gasteiger partial charge on any atom is 0.243 e. The molecule has 2 amide bonds. The quantitative estimate of drug-likeness (QED) is 0.667. The van der Waals surface area contributed by atoms with Crippen molar-refractivity contribution < 1.29 is 18.0 Å². The summed E-state index contributed by atoms with van der Waals surface area (Å²) in [7, 11) is -3.61. The van der Waals surface area contributed by atoms with Crippen LogP contribution in [0.15, 0.2) is 42.5 Å². The number of rotatable bonds is 7. The molecule has 9 heteroatoms. The predicted octanol–water partition coefficient (Wildman–Crippen LogP) is 2.16. The summed E-state index contributed by atoms with van der Waals surface area (Å²) in [6.45, 7) is 7.80. The highest BCUT2D eigenvalue weighted by Gasteiger charge is 2.27. The normalized spacial score (nSPS) is 14.7. The summed E-state index contributed by atoms with van der Waals surface area (Å²) >= 11 is 0. The van der Waals surface area contributed by atoms with E-state index in [0.717, 1.165) is 32.9 Å². The van der Waals surface area contributed by atoms with E-state index >= 15 is 0 Å². The van der Waals surface area contributed by atoms with Crippen LogP contribution in [0.4, 0.5) is 11.4 Å². The molecule has 1 aliphatic rings. The molecule has 178 valence electrons. The van der Waals surface area contributed by atoms with E-state index in [1.165, 1.54) is 0 Å². The van der Waals surface area contributed by atoms with Gasteiger partial charge in [0.25, 0.3) is 0 Å². The molecule has 0 aromatic heterocycles. The molecule has 0 unspecified atom stereocenters. The van der Waals surface area contributed by atoms with E-state index in [9.17, 15) is 18.0 Å². The van der Waals surface area contributed by atoms with Crippen LogP contribution in [0, 0.1) is 20.8 Å². The molecule has 0 saturated carbocycles. The van der Waals surface area contributed by atoms with Crippen LogP contribution in [0.1, 0.15) is 16.7 Å². The van der Waals surface area contributed by atoms with Gasteiger partial charge < -0.3 is 10.2 Å². The molecule has 0 atom stereocenters. The van der Waals surface area contributed by atoms with E-state index in [4.69, 9.17) is 0 Å². The summed E-state index contributed by atoms with van der Waals surface area (Å²) in [5, 5.41) is 2.96. The number of hydrogen-bond donors (Lipinski definition) is 1. The fourth-order valence-corrected chi connectivity index (χ4v) is 4.79. The molecule has 1 fully saturated rings. The van der Waals surface area contributed by atoms with E-state index in [2.05, 4.69) is 5.32 Å². The molecule has 2 aromatic carbocycles. The molecule has 3 rings (SSSR count). The number of para-hydroxylation sites is 1. The van der Waals surface area contributed by atoms with Crippen LogP contribution in [-0.4, -0.2) is 75.6 Å². The lowest BCUT2D eigenvalue weighted by molar-refractivity contribution is -0.131. The number of nitrogens with zero attached hydrogens (tertiary/aromatic N) is 3. The Labute approximate surface area is 196 Å². The topological polar surface area (TPSA) is 90.0 Å². The Bertz CT molecular complexity index is 1130. The van der Waals surface area contributed by atoms with Crippen molar-refractivity contribution in [2.24, 2.45) is 0 Å². The van der Waals surface area contributed by atoms with Crippen molar-refractivity contribution in [2.45, 2.75) is 20.8 Å². The van der Waals surface area contributed by atoms with Crippen LogP contribution in [0.3, 0.4) is 0 Å². The van der Waals surface area contributed by atoms with Gasteiger partial charge in [-0.3, -0.25) is 18.8 Å². The lowest BCUT2D eigenvalue weighted by Gasteiger charge is -2.35. The Hall–Kier alpha value is -2.91. The van der Waals surface area contributed by atoms with Crippen molar-refractivity contribution in [2.75, 3.05) is 55.1 Å². The zero-order valence-corrected chi connectivity index (χ0v) is 20.5. The molecule has 1 saturated heterocycles. The van der Waals surface area contributed by atoms with Gasteiger partial charge in [-0.1, -0.05) is 30.3 Å². The molecular formula is C24H32N4O4S. The van der Waals surface area contributed by atoms with Gasteiger partial charge in [0, 0.05) is 31.9 Å². The van der Waals surface area contributed by atoms with Crippen LogP contribution < -0.4 is 9.62 Å². The lowest BCUT2D eigenvalue weighted by Crippen LogP contribution is -2.53. The van der Waals surface area contributed by atoms with E-state index in [1.807, 2.05) is 56.0 Å². The third-order valence-electron chi connectivity index (χ3n) is 6.03. The van der Waals surface area contributed by atoms with Gasteiger partial charge in [-0.2, -0.15) is 0 Å². The van der Waals surface area contributed by atoms with Crippen molar-refractivity contribution in [3.63, 3.8) is 0 Å². The van der Waals surface area contributed by atoms with Crippen molar-refractivity contribution in [1.82, 2.24) is 9.80 Å². The minimum Gasteiger partial charge on any atom is -0.339 e. The van der Waals surface area contributed by atoms with Crippen molar-refractivity contribution in [3.05, 3.63) is 59.2 Å². The molecule has 33 heavy (non-hydrogen) atoms. The minimum absolute atomic E-state index is 0.0914. The molecule has 1 heterocycles. The van der Waals surface area contributed by atoms with E-state index in [0.29, 0.717) is 31.9 Å². The number of hydrogen-bond acceptors (Lipinski definition) is 5. The highest BCUT2D eigenvalue weighted by Crippen LogP contribution is 2.22. The number of benzene rings is 2. The van der Waals surface area contributed by atoms with Crippen LogP contribution in [-0.2, 0) is 19.6 Å². The van der Waals surface area contributed by atoms with E-state index in [1.54, 1.807) is 17.0 Å². The maximum absolute atomic E-state index is 12.9. The van der Waals surface area contributed by atoms with Gasteiger partial charge >= 0.3 is 0 Å². The van der Waals surface area contributed by atoms with Crippen LogP contribution >= 0.6 is 0 Å². The first kappa shape index (κ1) is 24.7. The molecule has 8 nitrogen and oxygen atoms in total. The number of carbonyl (C=O) groups excluding carboxylic acids is 2. The van der Waals surface area contributed by atoms with Gasteiger partial charge in [-0.15, -0.1) is 0 Å². The Kier molecular flexibility index (Phi) is 7.76. The van der Waals surface area contributed by atoms with Gasteiger partial charge in [0.15, 0.2) is 0 Å². The second kappa shape index (κ2) is 10.4. The number of anilines is 2. The molecule has 1 aliphatic heterocycles. The zero-order valence-electron chi connectivity index (χ0n) is 19.7. The summed E-state index contributed by atoms with van der Waals surface area (Å²) in [5.41, 5.74) is 4.27. The maximum atomic E-state index is 12.9. The number of nitrogens with one attached hydrogen (secondary N) is 1. The zero-order chi connectivity index (χ0) is 24.2. The molecular weight excluding hydrogens is 440 g/mol. The second-order valence-electron chi connectivity index (χ2n) is 8.51. The predicted molar refractivity (Wildman–Crippen MR) is 131 cm³/mol. The highest BCUT2D eigenvalue weighted by atomic mass is 32.2. The Morgan fingerprint density at radius 1 is 0.939 bits per heavy atom. The Morgan fingerprint density at radius 2 is 1.58 bits per heavy atom. The van der Waals surface area contributed by atoms with E-state index < -0.39 is 10.0 Å². The molecule has 1 N–H and O–H groups in total. The van der Waals surface area contributed by atoms with Gasteiger partial charge in [0.2, 0.25) is 21.8 Å². The standard InChI is InChI=1S/C24H32N4O4S/c1-18-9-7-10-21(20(18)3)25-23(29)16-26-12-14-27(15-13-26)24(30)17-28(33(4,31)32)22-11-6-5-8-19(22)2/h5-11H,12-17H2,1-4H3,(H,25,29). The monoisotopic (exact) mass is 472 g/mol. The summed E-state index contributed by atoms with van der Waals surface area (Å²) < 4.78 is 25.9. The summed E-state index contributed by atoms with van der Waals surface area (Å²) in [6.07, 6.45) is 1.11. The summed E-state index contributed by atoms with van der Waals surface area (Å²) in [4.78, 5) is 29.1. The smallest absolute Gasteiger partial charge is 0.243 e. The molecule has 0 spiro atoms. The largest absolute Gasteiger partial charge is 0.339 e. The Balaban J connectivity index is 1.55. The van der Waals surface area contributed by atoms with Gasteiger partial charge in [-0.25, -0.2) is 8.42 Å². The molecule has 0 bridgehead atoms. The fraction of sp³-hybridized carbons (Fsp3) is 0.417. The average molecular weight is 473 g/mol. The van der Waals surface area contributed by atoms with Crippen molar-refractivity contribution >= 4 is 33.2 Å². The Morgan fingerprint density at radius 3 is 2.21 bits per heavy atom. The number of carbonyl (C=O) groups is 2. The van der Waals surface area contributed by atoms with Crippen LogP contribution in [0.5, 0.6) is 0 Å². The first-order valence-corrected chi connectivity index (χ1v) is 12.8. The van der Waals surface area contributed by atoms with Gasteiger partial charge in [-0.05, 0) is 49.6 Å². The van der Waals surface area contributed by atoms with Gasteiger partial charge in [0.05, 0.1) is 18.5 Å². The summed E-state index contributed by atoms with van der Waals surface area (Å²) in [5.74, 6) is -0.338. The molecule has 0 aliphatic carbocycles. The first-order chi connectivity index (χ1) is 15.6. The van der Waals surface area contributed by atoms with E-state index in [-0.39, 0.29) is 24.9 Å². The van der Waals surface area contributed by atoms with Crippen LogP contribution in [0.25, 0.3) is 0 Å². The fourth-order valence-electron chi connectivity index (χ4n) is 3.88. The lowest BCUT2D eigenvalue weighted by atomic mass is 10.1. The van der Waals surface area contributed by atoms with Crippen molar-refractivity contribution in [1.29, 1.82) is 0 Å². The summed E-state index contributed by atoms with van der Waals surface area (Å²) in [6, 6.07) is 12.9. The minimum atomic E-state index is -3.61. The average Bonchev–Trinajstić information content (AvgIpc) is 2.75. The highest BCUT2D eigenvalue weighted by molar-refractivity contribution is 7.92. The van der Waals surface area contributed by atoms with Crippen molar-refractivity contribution in [3.8, 4) is 0 Å². The number of piperazine rings is 1.